The molecule has 0 bridgehead atoms. The minimum absolute atomic E-state index is 0.0467. The van der Waals surface area contributed by atoms with Gasteiger partial charge < -0.3 is 10.2 Å². The van der Waals surface area contributed by atoms with Crippen LogP contribution in [0.1, 0.15) is 29.8 Å². The minimum atomic E-state index is -4.46. The number of piperazine rings is 1. The van der Waals surface area contributed by atoms with Crippen LogP contribution in [-0.2, 0) is 6.18 Å². The zero-order valence-corrected chi connectivity index (χ0v) is 13.3. The van der Waals surface area contributed by atoms with Crippen LogP contribution in [0.15, 0.2) is 22.7 Å². The van der Waals surface area contributed by atoms with Gasteiger partial charge in [-0.2, -0.15) is 13.2 Å². The number of nitrogens with zero attached hydrogens (tertiary/aromatic N) is 1. The van der Waals surface area contributed by atoms with Crippen molar-refractivity contribution in [1.82, 2.24) is 10.2 Å². The van der Waals surface area contributed by atoms with Crippen molar-refractivity contribution in [2.75, 3.05) is 13.1 Å². The number of hydrogen-bond acceptors (Lipinski definition) is 2. The lowest BCUT2D eigenvalue weighted by Crippen LogP contribution is -2.57. The average molecular weight is 365 g/mol. The summed E-state index contributed by atoms with van der Waals surface area (Å²) in [6.45, 7) is 5.02. The molecule has 0 saturated carbocycles. The standard InChI is InChI=1S/C14H16BrF3N2O/c1-8-6-19-7-9(2)20(8)13(21)11-5-10(14(16,17)18)3-4-12(11)15/h3-5,8-9,19H,6-7H2,1-2H3. The Balaban J connectivity index is 2.38. The fraction of sp³-hybridized carbons (Fsp3) is 0.500. The lowest BCUT2D eigenvalue weighted by molar-refractivity contribution is -0.137. The number of amides is 1. The molecule has 1 fully saturated rings. The van der Waals surface area contributed by atoms with Crippen molar-refractivity contribution in [2.45, 2.75) is 32.1 Å². The fourth-order valence-corrected chi connectivity index (χ4v) is 2.95. The van der Waals surface area contributed by atoms with Gasteiger partial charge in [-0.15, -0.1) is 0 Å². The SMILES string of the molecule is CC1CNCC(C)N1C(=O)c1cc(C(F)(F)F)ccc1Br. The van der Waals surface area contributed by atoms with E-state index >= 15 is 0 Å². The Kier molecular flexibility index (Phi) is 4.63. The van der Waals surface area contributed by atoms with Gasteiger partial charge in [0.15, 0.2) is 0 Å². The summed E-state index contributed by atoms with van der Waals surface area (Å²) in [7, 11) is 0. The van der Waals surface area contributed by atoms with E-state index in [9.17, 15) is 18.0 Å². The van der Waals surface area contributed by atoms with Crippen LogP contribution in [0.4, 0.5) is 13.2 Å². The van der Waals surface area contributed by atoms with Gasteiger partial charge in [-0.3, -0.25) is 4.79 Å². The Morgan fingerprint density at radius 2 is 1.86 bits per heavy atom. The van der Waals surface area contributed by atoms with Crippen LogP contribution in [0.3, 0.4) is 0 Å². The second-order valence-corrected chi connectivity index (χ2v) is 6.12. The van der Waals surface area contributed by atoms with Crippen LogP contribution in [0, 0.1) is 0 Å². The number of benzene rings is 1. The number of hydrogen-bond donors (Lipinski definition) is 1. The number of rotatable bonds is 1. The van der Waals surface area contributed by atoms with E-state index in [4.69, 9.17) is 0 Å². The molecule has 1 aliphatic rings. The highest BCUT2D eigenvalue weighted by Gasteiger charge is 2.34. The zero-order valence-electron chi connectivity index (χ0n) is 11.7. The summed E-state index contributed by atoms with van der Waals surface area (Å²) in [6.07, 6.45) is -4.46. The van der Waals surface area contributed by atoms with E-state index in [1.807, 2.05) is 13.8 Å². The monoisotopic (exact) mass is 364 g/mol. The maximum atomic E-state index is 12.8. The number of alkyl halides is 3. The van der Waals surface area contributed by atoms with Gasteiger partial charge in [0.05, 0.1) is 11.1 Å². The third-order valence-corrected chi connectivity index (χ3v) is 4.28. The summed E-state index contributed by atoms with van der Waals surface area (Å²) in [5.74, 6) is -0.380. The highest BCUT2D eigenvalue weighted by molar-refractivity contribution is 9.10. The number of carbonyl (C=O) groups is 1. The molecule has 0 radical (unpaired) electrons. The Morgan fingerprint density at radius 1 is 1.29 bits per heavy atom. The molecule has 2 rings (SSSR count). The van der Waals surface area contributed by atoms with E-state index < -0.39 is 11.7 Å². The summed E-state index contributed by atoms with van der Waals surface area (Å²) in [5, 5.41) is 3.19. The van der Waals surface area contributed by atoms with E-state index in [0.29, 0.717) is 17.6 Å². The lowest BCUT2D eigenvalue weighted by atomic mass is 10.0. The summed E-state index contributed by atoms with van der Waals surface area (Å²) >= 11 is 3.17. The van der Waals surface area contributed by atoms with E-state index in [2.05, 4.69) is 21.2 Å². The first-order valence-corrected chi connectivity index (χ1v) is 7.41. The summed E-state index contributed by atoms with van der Waals surface area (Å²) < 4.78 is 38.8. The molecule has 116 valence electrons. The Hall–Kier alpha value is -1.08. The zero-order chi connectivity index (χ0) is 15.8. The van der Waals surface area contributed by atoms with Crippen LogP contribution in [-0.4, -0.2) is 36.0 Å². The largest absolute Gasteiger partial charge is 0.416 e. The van der Waals surface area contributed by atoms with Crippen LogP contribution in [0.2, 0.25) is 0 Å². The van der Waals surface area contributed by atoms with Crippen LogP contribution in [0.5, 0.6) is 0 Å². The molecule has 0 spiro atoms. The second kappa shape index (κ2) is 5.96. The van der Waals surface area contributed by atoms with E-state index in [1.165, 1.54) is 6.07 Å². The summed E-state index contributed by atoms with van der Waals surface area (Å²) in [4.78, 5) is 14.3. The molecule has 2 unspecified atom stereocenters. The maximum absolute atomic E-state index is 12.8. The predicted molar refractivity (Wildman–Crippen MR) is 77.1 cm³/mol. The summed E-state index contributed by atoms with van der Waals surface area (Å²) in [5.41, 5.74) is -0.769. The molecule has 7 heteroatoms. The summed E-state index contributed by atoms with van der Waals surface area (Å²) in [6, 6.07) is 3.01. The molecule has 1 amide bonds. The van der Waals surface area contributed by atoms with E-state index in [-0.39, 0.29) is 23.6 Å². The smallest absolute Gasteiger partial charge is 0.331 e. The van der Waals surface area contributed by atoms with Gasteiger partial charge in [0.25, 0.3) is 5.91 Å². The average Bonchev–Trinajstić information content (AvgIpc) is 2.37. The molecule has 1 saturated heterocycles. The quantitative estimate of drug-likeness (QED) is 0.829. The molecule has 1 aromatic carbocycles. The third-order valence-electron chi connectivity index (χ3n) is 3.59. The third kappa shape index (κ3) is 3.40. The van der Waals surface area contributed by atoms with Crippen LogP contribution in [0.25, 0.3) is 0 Å². The highest BCUT2D eigenvalue weighted by atomic mass is 79.9. The first-order valence-electron chi connectivity index (χ1n) is 6.62. The molecule has 21 heavy (non-hydrogen) atoms. The van der Waals surface area contributed by atoms with Gasteiger partial charge in [-0.25, -0.2) is 0 Å². The number of carbonyl (C=O) groups excluding carboxylic acids is 1. The van der Waals surface area contributed by atoms with Gasteiger partial charge in [0, 0.05) is 29.6 Å². The molecule has 1 aromatic rings. The van der Waals surface area contributed by atoms with Crippen molar-refractivity contribution < 1.29 is 18.0 Å². The van der Waals surface area contributed by atoms with Gasteiger partial charge >= 0.3 is 6.18 Å². The van der Waals surface area contributed by atoms with Gasteiger partial charge in [0.1, 0.15) is 0 Å². The van der Waals surface area contributed by atoms with Crippen molar-refractivity contribution in [2.24, 2.45) is 0 Å². The molecular formula is C14H16BrF3N2O. The molecule has 0 aromatic heterocycles. The first kappa shape index (κ1) is 16.3. The van der Waals surface area contributed by atoms with Gasteiger partial charge in [-0.1, -0.05) is 0 Å². The molecular weight excluding hydrogens is 349 g/mol. The van der Waals surface area contributed by atoms with E-state index in [1.54, 1.807) is 4.90 Å². The number of halogens is 4. The molecule has 2 atom stereocenters. The van der Waals surface area contributed by atoms with Crippen molar-refractivity contribution >= 4 is 21.8 Å². The normalized spacial score (nSPS) is 23.2. The lowest BCUT2D eigenvalue weighted by Gasteiger charge is -2.39. The van der Waals surface area contributed by atoms with Crippen LogP contribution < -0.4 is 5.32 Å². The molecule has 3 nitrogen and oxygen atoms in total. The number of nitrogens with one attached hydrogen (secondary N) is 1. The highest BCUT2D eigenvalue weighted by Crippen LogP contribution is 2.32. The molecule has 0 aliphatic carbocycles. The molecule has 1 N–H and O–H groups in total. The van der Waals surface area contributed by atoms with Gasteiger partial charge in [0.2, 0.25) is 0 Å². The van der Waals surface area contributed by atoms with Gasteiger partial charge in [-0.05, 0) is 48.0 Å². The maximum Gasteiger partial charge on any atom is 0.416 e. The minimum Gasteiger partial charge on any atom is -0.331 e. The van der Waals surface area contributed by atoms with Crippen molar-refractivity contribution in [1.29, 1.82) is 0 Å². The van der Waals surface area contributed by atoms with Crippen molar-refractivity contribution in [3.05, 3.63) is 33.8 Å². The van der Waals surface area contributed by atoms with E-state index in [0.717, 1.165) is 12.1 Å². The fourth-order valence-electron chi connectivity index (χ4n) is 2.54. The second-order valence-electron chi connectivity index (χ2n) is 5.26. The Labute approximate surface area is 129 Å². The predicted octanol–water partition coefficient (Wildman–Crippen LogP) is 3.29. The Morgan fingerprint density at radius 3 is 2.38 bits per heavy atom. The molecule has 1 heterocycles. The van der Waals surface area contributed by atoms with Crippen molar-refractivity contribution in [3.8, 4) is 0 Å². The Bertz CT molecular complexity index is 538. The first-order chi connectivity index (χ1) is 9.71. The van der Waals surface area contributed by atoms with Crippen molar-refractivity contribution in [3.63, 3.8) is 0 Å². The topological polar surface area (TPSA) is 32.3 Å². The van der Waals surface area contributed by atoms with Crippen LogP contribution >= 0.6 is 15.9 Å². The molecule has 1 aliphatic heterocycles.